The summed E-state index contributed by atoms with van der Waals surface area (Å²) in [5, 5.41) is 7.73. The average Bonchev–Trinajstić information content (AvgIpc) is 3.43. The Morgan fingerprint density at radius 3 is 2.76 bits per heavy atom. The number of nitrogens with one attached hydrogen (secondary N) is 2. The van der Waals surface area contributed by atoms with Crippen LogP contribution in [0.5, 0.6) is 0 Å². The van der Waals surface area contributed by atoms with Crippen molar-refractivity contribution in [1.29, 1.82) is 0 Å². The minimum Gasteiger partial charge on any atom is -0.368 e. The van der Waals surface area contributed by atoms with Crippen molar-refractivity contribution < 1.29 is 9.59 Å². The minimum absolute atomic E-state index is 0.254. The molecule has 2 N–H and O–H groups in total. The first kappa shape index (κ1) is 22.8. The van der Waals surface area contributed by atoms with E-state index in [4.69, 9.17) is 0 Å². The van der Waals surface area contributed by atoms with Gasteiger partial charge in [-0.25, -0.2) is 0 Å². The zero-order valence-corrected chi connectivity index (χ0v) is 19.8. The number of benzene rings is 2. The lowest BCUT2D eigenvalue weighted by atomic mass is 10.1. The summed E-state index contributed by atoms with van der Waals surface area (Å²) in [7, 11) is 0. The number of fused-ring (bicyclic) bond motifs is 1. The maximum atomic E-state index is 13.0. The SMILES string of the molecule is Cc1cccc(C(=O)N/C(=C\c2cccs2)C(=O)NCCCN2c3ccccc3C[C@H]2C)c1. The molecule has 4 rings (SSSR count). The molecule has 2 amide bonds. The van der Waals surface area contributed by atoms with E-state index >= 15 is 0 Å². The van der Waals surface area contributed by atoms with Crippen molar-refractivity contribution in [2.75, 3.05) is 18.0 Å². The number of hydrogen-bond acceptors (Lipinski definition) is 4. The molecule has 170 valence electrons. The van der Waals surface area contributed by atoms with Gasteiger partial charge in [0.15, 0.2) is 0 Å². The lowest BCUT2D eigenvalue weighted by Crippen LogP contribution is -2.37. The normalized spacial score (nSPS) is 15.3. The second kappa shape index (κ2) is 10.5. The Morgan fingerprint density at radius 1 is 1.12 bits per heavy atom. The van der Waals surface area contributed by atoms with Gasteiger partial charge < -0.3 is 15.5 Å². The predicted octanol–water partition coefficient (Wildman–Crippen LogP) is 4.78. The third-order valence-electron chi connectivity index (χ3n) is 5.81. The molecule has 0 bridgehead atoms. The van der Waals surface area contributed by atoms with Gasteiger partial charge in [-0.1, -0.05) is 42.0 Å². The summed E-state index contributed by atoms with van der Waals surface area (Å²) in [6.45, 7) is 5.58. The zero-order chi connectivity index (χ0) is 23.2. The molecular weight excluding hydrogens is 430 g/mol. The van der Waals surface area contributed by atoms with Crippen LogP contribution < -0.4 is 15.5 Å². The number of aryl methyl sites for hydroxylation is 1. The fourth-order valence-electron chi connectivity index (χ4n) is 4.17. The van der Waals surface area contributed by atoms with Gasteiger partial charge in [0.25, 0.3) is 11.8 Å². The second-order valence-corrected chi connectivity index (χ2v) is 9.36. The smallest absolute Gasteiger partial charge is 0.267 e. The van der Waals surface area contributed by atoms with Crippen molar-refractivity contribution in [1.82, 2.24) is 10.6 Å². The van der Waals surface area contributed by atoms with Crippen LogP contribution in [0, 0.1) is 6.92 Å². The van der Waals surface area contributed by atoms with Crippen LogP contribution in [0.1, 0.15) is 39.7 Å². The van der Waals surface area contributed by atoms with Crippen LogP contribution in [-0.2, 0) is 11.2 Å². The lowest BCUT2D eigenvalue weighted by molar-refractivity contribution is -0.117. The first-order valence-electron chi connectivity index (χ1n) is 11.3. The molecule has 5 nitrogen and oxygen atoms in total. The van der Waals surface area contributed by atoms with Gasteiger partial charge in [0.1, 0.15) is 5.70 Å². The molecule has 0 radical (unpaired) electrons. The Morgan fingerprint density at radius 2 is 1.97 bits per heavy atom. The zero-order valence-electron chi connectivity index (χ0n) is 19.0. The number of rotatable bonds is 8. The van der Waals surface area contributed by atoms with Crippen LogP contribution in [0.3, 0.4) is 0 Å². The number of thiophene rings is 1. The highest BCUT2D eigenvalue weighted by Crippen LogP contribution is 2.31. The molecule has 0 saturated carbocycles. The number of hydrogen-bond donors (Lipinski definition) is 2. The van der Waals surface area contributed by atoms with Gasteiger partial charge in [0.05, 0.1) is 0 Å². The summed E-state index contributed by atoms with van der Waals surface area (Å²) >= 11 is 1.52. The monoisotopic (exact) mass is 459 g/mol. The van der Waals surface area contributed by atoms with Crippen molar-refractivity contribution in [2.24, 2.45) is 0 Å². The van der Waals surface area contributed by atoms with Gasteiger partial charge in [-0.3, -0.25) is 9.59 Å². The van der Waals surface area contributed by atoms with E-state index in [0.717, 1.165) is 29.8 Å². The fraction of sp³-hybridized carbons (Fsp3) is 0.259. The highest BCUT2D eigenvalue weighted by Gasteiger charge is 2.24. The van der Waals surface area contributed by atoms with Gasteiger partial charge in [0.2, 0.25) is 0 Å². The molecule has 3 aromatic rings. The third-order valence-corrected chi connectivity index (χ3v) is 6.63. The van der Waals surface area contributed by atoms with E-state index in [1.165, 1.54) is 22.6 Å². The molecule has 1 aliphatic rings. The lowest BCUT2D eigenvalue weighted by Gasteiger charge is -2.25. The second-order valence-electron chi connectivity index (χ2n) is 8.38. The minimum atomic E-state index is -0.292. The van der Waals surface area contributed by atoms with E-state index in [0.29, 0.717) is 18.2 Å². The van der Waals surface area contributed by atoms with Crippen molar-refractivity contribution in [3.05, 3.63) is 93.3 Å². The highest BCUT2D eigenvalue weighted by molar-refractivity contribution is 7.10. The number of para-hydroxylation sites is 1. The summed E-state index contributed by atoms with van der Waals surface area (Å²) in [6, 6.07) is 20.1. The number of amides is 2. The molecule has 6 heteroatoms. The molecule has 1 aromatic heterocycles. The van der Waals surface area contributed by atoms with Gasteiger partial charge in [-0.2, -0.15) is 0 Å². The van der Waals surface area contributed by atoms with E-state index in [2.05, 4.69) is 46.7 Å². The molecule has 0 unspecified atom stereocenters. The van der Waals surface area contributed by atoms with Crippen LogP contribution in [0.2, 0.25) is 0 Å². The molecule has 2 heterocycles. The topological polar surface area (TPSA) is 61.4 Å². The van der Waals surface area contributed by atoms with E-state index < -0.39 is 0 Å². The largest absolute Gasteiger partial charge is 0.368 e. The predicted molar refractivity (Wildman–Crippen MR) is 136 cm³/mol. The quantitative estimate of drug-likeness (QED) is 0.376. The van der Waals surface area contributed by atoms with Crippen LogP contribution in [0.15, 0.2) is 71.7 Å². The van der Waals surface area contributed by atoms with Gasteiger partial charge in [-0.05, 0) is 68.0 Å². The molecule has 0 spiro atoms. The maximum absolute atomic E-state index is 13.0. The number of carbonyl (C=O) groups is 2. The average molecular weight is 460 g/mol. The molecular formula is C27H29N3O2S. The first-order chi connectivity index (χ1) is 16.0. The molecule has 0 aliphatic carbocycles. The summed E-state index contributed by atoms with van der Waals surface area (Å²) in [5.74, 6) is -0.571. The van der Waals surface area contributed by atoms with Crippen LogP contribution in [-0.4, -0.2) is 30.9 Å². The Balaban J connectivity index is 1.37. The molecule has 33 heavy (non-hydrogen) atoms. The number of carbonyl (C=O) groups excluding carboxylic acids is 2. The standard InChI is InChI=1S/C27H29N3O2S/c1-19-8-5-10-22(16-19)26(31)29-24(18-23-11-6-15-33-23)27(32)28-13-7-14-30-20(2)17-21-9-3-4-12-25(21)30/h3-6,8-12,15-16,18,20H,7,13-14,17H2,1-2H3,(H,28,32)(H,29,31)/b24-18-/t20-/m1/s1. The van der Waals surface area contributed by atoms with Crippen molar-refractivity contribution in [2.45, 2.75) is 32.7 Å². The summed E-state index contributed by atoms with van der Waals surface area (Å²) in [5.41, 5.74) is 4.45. The Labute approximate surface area is 199 Å². The maximum Gasteiger partial charge on any atom is 0.267 e. The Hall–Kier alpha value is -3.38. The van der Waals surface area contributed by atoms with Crippen molar-refractivity contribution >= 4 is 34.9 Å². The Kier molecular flexibility index (Phi) is 7.25. The first-order valence-corrected chi connectivity index (χ1v) is 12.1. The van der Waals surface area contributed by atoms with Gasteiger partial charge in [0, 0.05) is 35.3 Å². The van der Waals surface area contributed by atoms with E-state index in [9.17, 15) is 9.59 Å². The summed E-state index contributed by atoms with van der Waals surface area (Å²) < 4.78 is 0. The van der Waals surface area contributed by atoms with Gasteiger partial charge >= 0.3 is 0 Å². The fourth-order valence-corrected chi connectivity index (χ4v) is 4.83. The third kappa shape index (κ3) is 5.71. The van der Waals surface area contributed by atoms with E-state index in [-0.39, 0.29) is 17.5 Å². The Bertz CT molecular complexity index is 1150. The molecule has 0 fully saturated rings. The van der Waals surface area contributed by atoms with Crippen LogP contribution in [0.4, 0.5) is 5.69 Å². The van der Waals surface area contributed by atoms with Crippen molar-refractivity contribution in [3.8, 4) is 0 Å². The molecule has 1 atom stereocenters. The van der Waals surface area contributed by atoms with Gasteiger partial charge in [-0.15, -0.1) is 11.3 Å². The highest BCUT2D eigenvalue weighted by atomic mass is 32.1. The molecule has 2 aromatic carbocycles. The van der Waals surface area contributed by atoms with Crippen molar-refractivity contribution in [3.63, 3.8) is 0 Å². The van der Waals surface area contributed by atoms with Crippen LogP contribution in [0.25, 0.3) is 6.08 Å². The van der Waals surface area contributed by atoms with E-state index in [1.54, 1.807) is 12.1 Å². The molecule has 1 aliphatic heterocycles. The number of nitrogens with zero attached hydrogens (tertiary/aromatic N) is 1. The summed E-state index contributed by atoms with van der Waals surface area (Å²) in [4.78, 5) is 29.0. The summed E-state index contributed by atoms with van der Waals surface area (Å²) in [6.07, 6.45) is 3.61. The van der Waals surface area contributed by atoms with Crippen LogP contribution >= 0.6 is 11.3 Å². The molecule has 0 saturated heterocycles. The number of anilines is 1. The van der Waals surface area contributed by atoms with E-state index in [1.807, 2.05) is 42.6 Å².